The molecule has 68 valence electrons. The van der Waals surface area contributed by atoms with Crippen molar-refractivity contribution < 1.29 is 4.79 Å². The number of H-pyrrole nitrogens is 1. The molecule has 0 bridgehead atoms. The van der Waals surface area contributed by atoms with Crippen LogP contribution in [0.4, 0.5) is 0 Å². The van der Waals surface area contributed by atoms with Crippen molar-refractivity contribution in [3.63, 3.8) is 0 Å². The largest absolute Gasteiger partial charge is 0.359 e. The fourth-order valence-corrected chi connectivity index (χ4v) is 1.65. The van der Waals surface area contributed by atoms with Gasteiger partial charge in [-0.2, -0.15) is 0 Å². The summed E-state index contributed by atoms with van der Waals surface area (Å²) in [4.78, 5) is 22.3. The van der Waals surface area contributed by atoms with Gasteiger partial charge in [0, 0.05) is 11.6 Å². The molecule has 1 aromatic carbocycles. The number of hydrogen-bond donors (Lipinski definition) is 1. The summed E-state index contributed by atoms with van der Waals surface area (Å²) >= 11 is 0. The maximum atomic E-state index is 11.1. The first-order chi connectivity index (χ1) is 6.84. The van der Waals surface area contributed by atoms with E-state index < -0.39 is 0 Å². The molecule has 0 saturated carbocycles. The number of hydrogen-bond acceptors (Lipinski definition) is 2. The Hall–Kier alpha value is -1.97. The van der Waals surface area contributed by atoms with Crippen LogP contribution in [0.5, 0.6) is 0 Å². The van der Waals surface area contributed by atoms with Crippen molar-refractivity contribution in [1.29, 1.82) is 0 Å². The number of rotatable bonds is 0. The molecule has 0 aliphatic carbocycles. The Morgan fingerprint density at radius 1 is 1.29 bits per heavy atom. The van der Waals surface area contributed by atoms with Crippen LogP contribution in [0.15, 0.2) is 34.4 Å². The van der Waals surface area contributed by atoms with Gasteiger partial charge in [-0.3, -0.25) is 9.79 Å². The van der Waals surface area contributed by atoms with Gasteiger partial charge in [0.1, 0.15) is 11.9 Å². The van der Waals surface area contributed by atoms with Gasteiger partial charge in [0.2, 0.25) is 0 Å². The summed E-state index contributed by atoms with van der Waals surface area (Å²) in [6.07, 6.45) is 1.83. The summed E-state index contributed by atoms with van der Waals surface area (Å²) in [5, 5.41) is 2.51. The first-order valence-electron chi connectivity index (χ1n) is 4.37. The van der Waals surface area contributed by atoms with Gasteiger partial charge in [-0.25, -0.2) is 4.99 Å². The molecule has 0 fully saturated rings. The van der Waals surface area contributed by atoms with Crippen LogP contribution in [0, 0.1) is 0 Å². The predicted octanol–water partition coefficient (Wildman–Crippen LogP) is -0.0527. The van der Waals surface area contributed by atoms with E-state index in [2.05, 4.69) is 15.0 Å². The zero-order valence-electron chi connectivity index (χ0n) is 7.32. The van der Waals surface area contributed by atoms with E-state index in [4.69, 9.17) is 0 Å². The summed E-state index contributed by atoms with van der Waals surface area (Å²) < 4.78 is 0. The van der Waals surface area contributed by atoms with E-state index in [0.717, 1.165) is 16.3 Å². The minimum atomic E-state index is -0.181. The highest BCUT2D eigenvalue weighted by Gasteiger charge is 2.06. The highest BCUT2D eigenvalue weighted by atomic mass is 16.1. The molecule has 2 aromatic rings. The van der Waals surface area contributed by atoms with Gasteiger partial charge in [-0.1, -0.05) is 6.07 Å². The lowest BCUT2D eigenvalue weighted by atomic mass is 10.2. The SMILES string of the molecule is O=C1CN=c2ccc3cc[nH]c3c2=N1. The van der Waals surface area contributed by atoms with Gasteiger partial charge in [0.05, 0.1) is 10.9 Å². The van der Waals surface area contributed by atoms with Crippen LogP contribution in [0.3, 0.4) is 0 Å². The molecule has 14 heavy (non-hydrogen) atoms. The lowest BCUT2D eigenvalue weighted by molar-refractivity contribution is -0.116. The zero-order chi connectivity index (χ0) is 9.54. The number of amides is 1. The van der Waals surface area contributed by atoms with Crippen LogP contribution in [0.25, 0.3) is 10.9 Å². The van der Waals surface area contributed by atoms with Crippen molar-refractivity contribution in [3.8, 4) is 0 Å². The van der Waals surface area contributed by atoms with E-state index in [1.165, 1.54) is 0 Å². The van der Waals surface area contributed by atoms with Crippen LogP contribution in [0.1, 0.15) is 0 Å². The summed E-state index contributed by atoms with van der Waals surface area (Å²) in [5.41, 5.74) is 0.888. The van der Waals surface area contributed by atoms with Crippen LogP contribution in [-0.2, 0) is 4.79 Å². The molecule has 0 atom stereocenters. The van der Waals surface area contributed by atoms with Crippen LogP contribution in [0.2, 0.25) is 0 Å². The van der Waals surface area contributed by atoms with Crippen LogP contribution in [-0.4, -0.2) is 17.4 Å². The highest BCUT2D eigenvalue weighted by molar-refractivity contribution is 5.84. The first kappa shape index (κ1) is 7.44. The highest BCUT2D eigenvalue weighted by Crippen LogP contribution is 2.04. The second-order valence-corrected chi connectivity index (χ2v) is 3.20. The number of aromatic nitrogens is 1. The number of nitrogens with zero attached hydrogens (tertiary/aromatic N) is 2. The van der Waals surface area contributed by atoms with Crippen molar-refractivity contribution in [2.24, 2.45) is 9.98 Å². The molecular formula is C10H7N3O. The molecule has 4 nitrogen and oxygen atoms in total. The molecule has 1 aliphatic rings. The van der Waals surface area contributed by atoms with E-state index in [1.807, 2.05) is 24.4 Å². The zero-order valence-corrected chi connectivity index (χ0v) is 7.32. The molecule has 3 rings (SSSR count). The first-order valence-corrected chi connectivity index (χ1v) is 4.37. The van der Waals surface area contributed by atoms with Crippen molar-refractivity contribution in [1.82, 2.24) is 4.98 Å². The molecule has 1 aromatic heterocycles. The third kappa shape index (κ3) is 0.907. The molecule has 1 aliphatic heterocycles. The van der Waals surface area contributed by atoms with Gasteiger partial charge < -0.3 is 4.98 Å². The van der Waals surface area contributed by atoms with Crippen LogP contribution >= 0.6 is 0 Å². The van der Waals surface area contributed by atoms with Crippen molar-refractivity contribution in [3.05, 3.63) is 35.1 Å². The Morgan fingerprint density at radius 2 is 2.21 bits per heavy atom. The van der Waals surface area contributed by atoms with E-state index in [1.54, 1.807) is 0 Å². The standard InChI is InChI=1S/C10H7N3O/c14-8-5-12-7-2-1-6-3-4-11-9(6)10(7)13-8/h1-4,11H,5H2. The normalized spacial score (nSPS) is 14.7. The molecule has 0 spiro atoms. The Balaban J connectivity index is 2.61. The summed E-state index contributed by atoms with van der Waals surface area (Å²) in [6, 6.07) is 5.81. The molecule has 1 N–H and O–H groups in total. The van der Waals surface area contributed by atoms with Crippen LogP contribution < -0.4 is 10.7 Å². The van der Waals surface area contributed by atoms with E-state index in [9.17, 15) is 4.79 Å². The Kier molecular flexibility index (Phi) is 1.33. The summed E-state index contributed by atoms with van der Waals surface area (Å²) in [7, 11) is 0. The minimum absolute atomic E-state index is 0.166. The van der Waals surface area contributed by atoms with Gasteiger partial charge in [0.25, 0.3) is 5.91 Å². The molecule has 0 radical (unpaired) electrons. The molecular weight excluding hydrogens is 178 g/mol. The third-order valence-electron chi connectivity index (χ3n) is 2.30. The number of aromatic amines is 1. The lowest BCUT2D eigenvalue weighted by Crippen LogP contribution is -2.32. The van der Waals surface area contributed by atoms with E-state index in [-0.39, 0.29) is 12.5 Å². The third-order valence-corrected chi connectivity index (χ3v) is 2.30. The van der Waals surface area contributed by atoms with Gasteiger partial charge in [-0.05, 0) is 12.1 Å². The predicted molar refractivity (Wildman–Crippen MR) is 50.5 cm³/mol. The van der Waals surface area contributed by atoms with Gasteiger partial charge in [-0.15, -0.1) is 0 Å². The number of benzene rings is 1. The topological polar surface area (TPSA) is 57.6 Å². The lowest BCUT2D eigenvalue weighted by Gasteiger charge is -1.98. The molecule has 0 unspecified atom stereocenters. The molecule has 4 heteroatoms. The maximum Gasteiger partial charge on any atom is 0.268 e. The maximum absolute atomic E-state index is 11.1. The minimum Gasteiger partial charge on any atom is -0.359 e. The number of carbonyl (C=O) groups is 1. The summed E-state index contributed by atoms with van der Waals surface area (Å²) in [6.45, 7) is 0.166. The van der Waals surface area contributed by atoms with E-state index in [0.29, 0.717) is 5.36 Å². The number of carbonyl (C=O) groups excluding carboxylic acids is 1. The number of fused-ring (bicyclic) bond motifs is 3. The molecule has 0 saturated heterocycles. The number of nitrogens with one attached hydrogen (secondary N) is 1. The van der Waals surface area contributed by atoms with Crippen molar-refractivity contribution in [2.45, 2.75) is 0 Å². The van der Waals surface area contributed by atoms with Gasteiger partial charge >= 0.3 is 0 Å². The quantitative estimate of drug-likeness (QED) is 0.614. The fourth-order valence-electron chi connectivity index (χ4n) is 1.65. The Morgan fingerprint density at radius 3 is 3.14 bits per heavy atom. The van der Waals surface area contributed by atoms with E-state index >= 15 is 0 Å². The average Bonchev–Trinajstić information content (AvgIpc) is 2.65. The molecule has 1 amide bonds. The summed E-state index contributed by atoms with van der Waals surface area (Å²) in [5.74, 6) is -0.181. The average molecular weight is 185 g/mol. The fraction of sp³-hybridized carbons (Fsp3) is 0.100. The molecule has 2 heterocycles. The Bertz CT molecular complexity index is 639. The van der Waals surface area contributed by atoms with Crippen molar-refractivity contribution in [2.75, 3.05) is 6.54 Å². The van der Waals surface area contributed by atoms with Crippen molar-refractivity contribution >= 4 is 16.8 Å². The smallest absolute Gasteiger partial charge is 0.268 e. The second-order valence-electron chi connectivity index (χ2n) is 3.20. The van der Waals surface area contributed by atoms with Gasteiger partial charge in [0.15, 0.2) is 0 Å². The second kappa shape index (κ2) is 2.51. The monoisotopic (exact) mass is 185 g/mol. The Labute approximate surface area is 79.0 Å².